The van der Waals surface area contributed by atoms with E-state index in [0.29, 0.717) is 0 Å². The number of halogens is 2. The Morgan fingerprint density at radius 3 is 0.864 bits per heavy atom. The molecule has 8 aromatic carbocycles. The van der Waals surface area contributed by atoms with Crippen LogP contribution < -0.4 is 9.80 Å². The molecule has 0 amide bonds. The Labute approximate surface area is 384 Å². The van der Waals surface area contributed by atoms with Gasteiger partial charge in [-0.3, -0.25) is 9.59 Å². The minimum Gasteiger partial charge on any atom is -0.507 e. The molecule has 0 saturated heterocycles. The van der Waals surface area contributed by atoms with Gasteiger partial charge in [-0.15, -0.1) is 0 Å². The van der Waals surface area contributed by atoms with Crippen molar-refractivity contribution in [3.63, 3.8) is 0 Å². The number of carbonyl (C=O) groups excluding carboxylic acids is 2. The van der Waals surface area contributed by atoms with E-state index in [2.05, 4.69) is 135 Å². The molecule has 8 rings (SSSR count). The minimum absolute atomic E-state index is 0.0641. The maximum atomic E-state index is 13.2. The van der Waals surface area contributed by atoms with E-state index < -0.39 is 23.2 Å². The van der Waals surface area contributed by atoms with Gasteiger partial charge in [-0.05, 0) is 148 Å². The first-order valence-corrected chi connectivity index (χ1v) is 21.3. The van der Waals surface area contributed by atoms with Gasteiger partial charge in [0.05, 0.1) is 11.1 Å². The number of ketones is 2. The van der Waals surface area contributed by atoms with Crippen LogP contribution >= 0.6 is 0 Å². The molecule has 0 aromatic heterocycles. The highest BCUT2D eigenvalue weighted by atomic mass is 19.1. The van der Waals surface area contributed by atoms with Crippen molar-refractivity contribution < 1.29 is 28.6 Å². The molecule has 328 valence electrons. The van der Waals surface area contributed by atoms with Gasteiger partial charge in [-0.1, -0.05) is 107 Å². The fourth-order valence-electron chi connectivity index (χ4n) is 7.09. The van der Waals surface area contributed by atoms with Crippen LogP contribution in [0.4, 0.5) is 42.9 Å². The Balaban J connectivity index is 0.000000196. The van der Waals surface area contributed by atoms with Gasteiger partial charge in [-0.2, -0.15) is 0 Å². The summed E-state index contributed by atoms with van der Waals surface area (Å²) in [4.78, 5) is 29.1. The van der Waals surface area contributed by atoms with Crippen LogP contribution in [-0.4, -0.2) is 21.8 Å². The van der Waals surface area contributed by atoms with Gasteiger partial charge >= 0.3 is 0 Å². The molecule has 0 aliphatic heterocycles. The Morgan fingerprint density at radius 2 is 0.621 bits per heavy atom. The molecule has 0 spiro atoms. The number of nitrogens with zero attached hydrogens (tertiary/aromatic N) is 2. The molecule has 6 nitrogen and oxygen atoms in total. The number of aromatic hydroxyl groups is 2. The molecule has 0 unspecified atom stereocenters. The van der Waals surface area contributed by atoms with Gasteiger partial charge < -0.3 is 20.0 Å². The third-order valence-electron chi connectivity index (χ3n) is 10.8. The Hall–Kier alpha value is -8.36. The molecule has 0 aliphatic carbocycles. The number of phenolic OH excluding ortho intramolecular Hbond substituents is 2. The van der Waals surface area contributed by atoms with Crippen LogP contribution in [-0.2, 0) is 0 Å². The predicted molar refractivity (Wildman–Crippen MR) is 264 cm³/mol. The lowest BCUT2D eigenvalue weighted by atomic mass is 10.1. The van der Waals surface area contributed by atoms with Crippen LogP contribution in [0.5, 0.6) is 11.5 Å². The molecule has 0 aliphatic rings. The van der Waals surface area contributed by atoms with Crippen molar-refractivity contribution in [2.45, 2.75) is 27.7 Å². The Morgan fingerprint density at radius 1 is 0.379 bits per heavy atom. The number of aryl methyl sites for hydroxylation is 4. The van der Waals surface area contributed by atoms with Crippen LogP contribution in [0.3, 0.4) is 0 Å². The normalized spacial score (nSPS) is 11.0. The lowest BCUT2D eigenvalue weighted by Gasteiger charge is -2.25. The number of anilines is 6. The smallest absolute Gasteiger partial charge is 0.189 e. The second-order valence-electron chi connectivity index (χ2n) is 15.9. The SMILES string of the molecule is Cc1ccc(N(c2ccc(C)cc2)c2ccc(/C=C/C(=O)c3ccc(F)cc3O)cc2)cc1.Cc1ccc(N(c2ccc(C)cc2)c2ccc(/C=C/C(=O)c3ccc(F)cc3O)cc2)cc1. The van der Waals surface area contributed by atoms with E-state index in [1.807, 2.05) is 48.5 Å². The Kier molecular flexibility index (Phi) is 14.4. The zero-order valence-corrected chi connectivity index (χ0v) is 37.0. The van der Waals surface area contributed by atoms with Crippen LogP contribution in [0.1, 0.15) is 54.1 Å². The van der Waals surface area contributed by atoms with E-state index in [4.69, 9.17) is 0 Å². The fourth-order valence-corrected chi connectivity index (χ4v) is 7.09. The summed E-state index contributed by atoms with van der Waals surface area (Å²) in [5, 5.41) is 19.6. The van der Waals surface area contributed by atoms with E-state index in [9.17, 15) is 28.6 Å². The minimum atomic E-state index is -0.588. The van der Waals surface area contributed by atoms with Crippen molar-refractivity contribution in [1.29, 1.82) is 0 Å². The number of benzene rings is 8. The van der Waals surface area contributed by atoms with Crippen molar-refractivity contribution in [2.24, 2.45) is 0 Å². The number of rotatable bonds is 12. The molecule has 0 bridgehead atoms. The monoisotopic (exact) mass is 874 g/mol. The highest BCUT2D eigenvalue weighted by Gasteiger charge is 2.15. The lowest BCUT2D eigenvalue weighted by molar-refractivity contribution is 0.103. The second kappa shape index (κ2) is 20.9. The van der Waals surface area contributed by atoms with E-state index in [1.54, 1.807) is 12.2 Å². The largest absolute Gasteiger partial charge is 0.507 e. The molecule has 0 atom stereocenters. The Bertz CT molecular complexity index is 2700. The first-order chi connectivity index (χ1) is 31.8. The van der Waals surface area contributed by atoms with Gasteiger partial charge in [-0.25, -0.2) is 8.78 Å². The van der Waals surface area contributed by atoms with Crippen molar-refractivity contribution >= 4 is 57.8 Å². The molecular weight excluding hydrogens is 827 g/mol. The highest BCUT2D eigenvalue weighted by molar-refractivity contribution is 6.09. The molecule has 0 heterocycles. The highest BCUT2D eigenvalue weighted by Crippen LogP contribution is 2.36. The van der Waals surface area contributed by atoms with E-state index >= 15 is 0 Å². The van der Waals surface area contributed by atoms with Crippen molar-refractivity contribution in [3.8, 4) is 11.5 Å². The third-order valence-corrected chi connectivity index (χ3v) is 10.8. The molecular formula is C58H48F2N2O4. The van der Waals surface area contributed by atoms with Gasteiger partial charge in [0.1, 0.15) is 23.1 Å². The van der Waals surface area contributed by atoms with Crippen LogP contribution in [0.15, 0.2) is 194 Å². The summed E-state index contributed by atoms with van der Waals surface area (Å²) in [6.07, 6.45) is 6.10. The first kappa shape index (κ1) is 45.7. The maximum Gasteiger partial charge on any atom is 0.189 e. The van der Waals surface area contributed by atoms with Crippen molar-refractivity contribution in [3.05, 3.63) is 250 Å². The second-order valence-corrected chi connectivity index (χ2v) is 15.9. The molecule has 0 radical (unpaired) electrons. The maximum absolute atomic E-state index is 13.2. The van der Waals surface area contributed by atoms with Gasteiger partial charge in [0.25, 0.3) is 0 Å². The summed E-state index contributed by atoms with van der Waals surface area (Å²) in [6.45, 7) is 8.25. The summed E-state index contributed by atoms with van der Waals surface area (Å²) in [5.74, 6) is -2.70. The molecule has 8 heteroatoms. The summed E-state index contributed by atoms with van der Waals surface area (Å²) in [7, 11) is 0. The average molecular weight is 875 g/mol. The average Bonchev–Trinajstić information content (AvgIpc) is 3.31. The van der Waals surface area contributed by atoms with E-state index in [0.717, 1.165) is 69.5 Å². The molecule has 0 saturated carbocycles. The lowest BCUT2D eigenvalue weighted by Crippen LogP contribution is -2.09. The van der Waals surface area contributed by atoms with Crippen LogP contribution in [0, 0.1) is 39.3 Å². The van der Waals surface area contributed by atoms with Crippen molar-refractivity contribution in [2.75, 3.05) is 9.80 Å². The summed E-state index contributed by atoms with van der Waals surface area (Å²) >= 11 is 0. The summed E-state index contributed by atoms with van der Waals surface area (Å²) in [6, 6.07) is 55.9. The van der Waals surface area contributed by atoms with E-state index in [-0.39, 0.29) is 22.6 Å². The fraction of sp³-hybridized carbons (Fsp3) is 0.0690. The topological polar surface area (TPSA) is 81.1 Å². The van der Waals surface area contributed by atoms with Crippen LogP contribution in [0.2, 0.25) is 0 Å². The third kappa shape index (κ3) is 11.6. The van der Waals surface area contributed by atoms with Crippen molar-refractivity contribution in [1.82, 2.24) is 0 Å². The van der Waals surface area contributed by atoms with Gasteiger partial charge in [0, 0.05) is 46.3 Å². The molecule has 0 fully saturated rings. The molecule has 66 heavy (non-hydrogen) atoms. The summed E-state index contributed by atoms with van der Waals surface area (Å²) < 4.78 is 26.3. The van der Waals surface area contributed by atoms with Crippen LogP contribution in [0.25, 0.3) is 12.2 Å². The standard InChI is InChI=1S/2C29H24FNO2/c2*1-20-3-11-24(12-4-20)31(25-13-5-21(2)6-14-25)26-15-7-22(8-16-26)9-18-28(32)27-17-10-23(30)19-29(27)33/h2*3-19,33H,1-2H3/b2*18-9+. The molecule has 8 aromatic rings. The quantitative estimate of drug-likeness (QED) is 0.0940. The van der Waals surface area contributed by atoms with Gasteiger partial charge in [0.15, 0.2) is 11.6 Å². The first-order valence-electron chi connectivity index (χ1n) is 21.3. The number of hydrogen-bond acceptors (Lipinski definition) is 6. The summed E-state index contributed by atoms with van der Waals surface area (Å²) in [5.41, 5.74) is 12.8. The predicted octanol–water partition coefficient (Wildman–Crippen LogP) is 15.0. The number of carbonyl (C=O) groups is 2. The number of phenols is 2. The number of allylic oxidation sites excluding steroid dienone is 2. The zero-order chi connectivity index (χ0) is 46.7. The van der Waals surface area contributed by atoms with E-state index in [1.165, 1.54) is 46.5 Å². The molecule has 2 N–H and O–H groups in total. The number of hydrogen-bond donors (Lipinski definition) is 2. The zero-order valence-electron chi connectivity index (χ0n) is 37.0. The van der Waals surface area contributed by atoms with Gasteiger partial charge in [0.2, 0.25) is 0 Å².